The molecule has 0 saturated carbocycles. The van der Waals surface area contributed by atoms with E-state index >= 15 is 0 Å². The molecule has 1 unspecified atom stereocenters. The van der Waals surface area contributed by atoms with Crippen LogP contribution in [0.15, 0.2) is 47.5 Å². The first-order valence-electron chi connectivity index (χ1n) is 11.2. The van der Waals surface area contributed by atoms with Gasteiger partial charge in [0.2, 0.25) is 5.91 Å². The van der Waals surface area contributed by atoms with Crippen molar-refractivity contribution >= 4 is 17.8 Å². The first-order chi connectivity index (χ1) is 17.6. The molecule has 15 heteroatoms. The van der Waals surface area contributed by atoms with E-state index in [0.717, 1.165) is 51.0 Å². The van der Waals surface area contributed by atoms with Gasteiger partial charge in [0.15, 0.2) is 0 Å². The molecule has 1 amide bonds. The highest BCUT2D eigenvalue weighted by molar-refractivity contribution is 5.85. The number of aliphatic carboxylic acids is 2. The van der Waals surface area contributed by atoms with Gasteiger partial charge in [0.25, 0.3) is 0 Å². The van der Waals surface area contributed by atoms with Crippen LogP contribution in [0.25, 0.3) is 0 Å². The number of carbonyl (C=O) groups is 3. The number of carboxylic acids is 2. The third-order valence-electron chi connectivity index (χ3n) is 5.85. The molecule has 0 aliphatic carbocycles. The highest BCUT2D eigenvalue weighted by Gasteiger charge is 2.48. The van der Waals surface area contributed by atoms with E-state index in [9.17, 15) is 31.1 Å². The van der Waals surface area contributed by atoms with Crippen LogP contribution in [0.3, 0.4) is 0 Å². The molecule has 4 heterocycles. The fourth-order valence-corrected chi connectivity index (χ4v) is 4.13. The van der Waals surface area contributed by atoms with Crippen molar-refractivity contribution in [3.63, 3.8) is 0 Å². The van der Waals surface area contributed by atoms with Gasteiger partial charge in [-0.1, -0.05) is 0 Å². The largest absolute Gasteiger partial charge is 0.490 e. The lowest BCUT2D eigenvalue weighted by Crippen LogP contribution is -2.47. The van der Waals surface area contributed by atoms with Crippen LogP contribution in [0.4, 0.5) is 26.3 Å². The molecule has 2 aliphatic heterocycles. The number of hydrogen-bond acceptors (Lipinski definition) is 6. The van der Waals surface area contributed by atoms with Gasteiger partial charge in [0.05, 0.1) is 17.9 Å². The molecule has 2 aromatic heterocycles. The highest BCUT2D eigenvalue weighted by Crippen LogP contribution is 2.41. The molecule has 2 aromatic rings. The third-order valence-corrected chi connectivity index (χ3v) is 5.85. The van der Waals surface area contributed by atoms with Gasteiger partial charge in [0, 0.05) is 44.1 Å². The number of carbonyl (C=O) groups excluding carboxylic acids is 1. The zero-order chi connectivity index (χ0) is 28.6. The lowest BCUT2D eigenvalue weighted by molar-refractivity contribution is -0.193. The fraction of sp³-hybridized carbons (Fsp3) is 0.478. The Balaban J connectivity index is 0.000000301. The summed E-state index contributed by atoms with van der Waals surface area (Å²) in [7, 11) is 0. The van der Waals surface area contributed by atoms with Gasteiger partial charge in [-0.3, -0.25) is 14.7 Å². The number of hydrogen-bond donors (Lipinski definition) is 2. The van der Waals surface area contributed by atoms with Crippen LogP contribution in [0, 0.1) is 5.41 Å². The minimum atomic E-state index is -5.08. The number of alkyl halides is 6. The van der Waals surface area contributed by atoms with E-state index in [1.54, 1.807) is 24.9 Å². The highest BCUT2D eigenvalue weighted by atomic mass is 19.4. The fourth-order valence-electron chi connectivity index (χ4n) is 4.13. The number of carboxylic acid groups (broad SMARTS) is 2. The van der Waals surface area contributed by atoms with Gasteiger partial charge < -0.3 is 19.5 Å². The smallest absolute Gasteiger partial charge is 0.475 e. The van der Waals surface area contributed by atoms with E-state index < -0.39 is 24.3 Å². The van der Waals surface area contributed by atoms with E-state index in [4.69, 9.17) is 24.2 Å². The van der Waals surface area contributed by atoms with E-state index in [1.807, 2.05) is 23.1 Å². The summed E-state index contributed by atoms with van der Waals surface area (Å²) in [5, 5.41) is 14.2. The van der Waals surface area contributed by atoms with Crippen LogP contribution in [-0.2, 0) is 27.5 Å². The first-order valence-corrected chi connectivity index (χ1v) is 11.2. The molecular weight excluding hydrogens is 528 g/mol. The predicted molar refractivity (Wildman–Crippen MR) is 117 cm³/mol. The van der Waals surface area contributed by atoms with Crippen molar-refractivity contribution < 1.29 is 55.4 Å². The number of aromatic nitrogens is 1. The topological polar surface area (TPSA) is 124 Å². The normalized spacial score (nSPS) is 19.8. The molecule has 38 heavy (non-hydrogen) atoms. The van der Waals surface area contributed by atoms with Gasteiger partial charge in [-0.05, 0) is 49.6 Å². The Morgan fingerprint density at radius 1 is 0.921 bits per heavy atom. The van der Waals surface area contributed by atoms with Gasteiger partial charge >= 0.3 is 24.3 Å². The van der Waals surface area contributed by atoms with Gasteiger partial charge in [-0.2, -0.15) is 26.3 Å². The van der Waals surface area contributed by atoms with Crippen LogP contribution in [0.1, 0.15) is 30.4 Å². The Hall–Kier alpha value is -3.62. The summed E-state index contributed by atoms with van der Waals surface area (Å²) in [6.07, 6.45) is 0.00355. The van der Waals surface area contributed by atoms with Crippen LogP contribution in [0.2, 0.25) is 0 Å². The average Bonchev–Trinajstić information content (AvgIpc) is 3.44. The second-order valence-corrected chi connectivity index (χ2v) is 8.66. The summed E-state index contributed by atoms with van der Waals surface area (Å²) in [5.41, 5.74) is 2.15. The number of likely N-dealkylation sites (tertiary alicyclic amines) is 2. The monoisotopic (exact) mass is 553 g/mol. The lowest BCUT2D eigenvalue weighted by atomic mass is 9.78. The number of furan rings is 1. The summed E-state index contributed by atoms with van der Waals surface area (Å²) < 4.78 is 68.6. The summed E-state index contributed by atoms with van der Waals surface area (Å²) in [4.78, 5) is 39.4. The zero-order valence-corrected chi connectivity index (χ0v) is 19.8. The van der Waals surface area contributed by atoms with Crippen LogP contribution < -0.4 is 0 Å². The maximum absolute atomic E-state index is 13.1. The standard InChI is InChI=1S/C19H23N3O2.2C2HF3O2/c23-18-19(6-10-22(18)13-16-2-7-20-8-3-16)5-1-9-21(15-19)12-17-4-11-24-14-17;2*3-2(4,5)1(6)7/h2-4,7-8,11,14H,1,5-6,9-10,12-13,15H2;2*(H,6,7). The molecule has 0 radical (unpaired) electrons. The second kappa shape index (κ2) is 12.8. The van der Waals surface area contributed by atoms with Gasteiger partial charge in [-0.15, -0.1) is 0 Å². The molecule has 9 nitrogen and oxygen atoms in total. The van der Waals surface area contributed by atoms with Crippen molar-refractivity contribution in [3.05, 3.63) is 54.2 Å². The molecule has 2 aliphatic rings. The second-order valence-electron chi connectivity index (χ2n) is 8.66. The molecule has 0 aromatic carbocycles. The molecule has 4 rings (SSSR count). The molecular formula is C23H25F6N3O6. The number of pyridine rings is 1. The minimum Gasteiger partial charge on any atom is -0.475 e. The summed E-state index contributed by atoms with van der Waals surface area (Å²) in [6.45, 7) is 4.36. The molecule has 2 N–H and O–H groups in total. The molecule has 0 bridgehead atoms. The molecule has 2 fully saturated rings. The molecule has 1 atom stereocenters. The van der Waals surface area contributed by atoms with E-state index in [0.29, 0.717) is 12.5 Å². The molecule has 1 spiro atoms. The molecule has 2 saturated heterocycles. The predicted octanol–water partition coefficient (Wildman–Crippen LogP) is 3.96. The first kappa shape index (κ1) is 30.6. The van der Waals surface area contributed by atoms with Gasteiger partial charge in [0.1, 0.15) is 0 Å². The maximum Gasteiger partial charge on any atom is 0.490 e. The number of rotatable bonds is 4. The quantitative estimate of drug-likeness (QED) is 0.546. The summed E-state index contributed by atoms with van der Waals surface area (Å²) in [6, 6.07) is 5.99. The van der Waals surface area contributed by atoms with Crippen LogP contribution in [0.5, 0.6) is 0 Å². The van der Waals surface area contributed by atoms with Crippen molar-refractivity contribution in [1.29, 1.82) is 0 Å². The summed E-state index contributed by atoms with van der Waals surface area (Å²) >= 11 is 0. The Morgan fingerprint density at radius 3 is 2.00 bits per heavy atom. The number of nitrogens with zero attached hydrogens (tertiary/aromatic N) is 3. The van der Waals surface area contributed by atoms with Gasteiger partial charge in [-0.25, -0.2) is 9.59 Å². The van der Waals surface area contributed by atoms with Crippen LogP contribution in [-0.4, -0.2) is 74.8 Å². The van der Waals surface area contributed by atoms with E-state index in [2.05, 4.69) is 9.88 Å². The van der Waals surface area contributed by atoms with Crippen molar-refractivity contribution in [1.82, 2.24) is 14.8 Å². The molecule has 210 valence electrons. The van der Waals surface area contributed by atoms with Crippen LogP contribution >= 0.6 is 0 Å². The Bertz CT molecular complexity index is 1040. The Labute approximate surface area is 212 Å². The van der Waals surface area contributed by atoms with E-state index in [-0.39, 0.29) is 5.41 Å². The van der Waals surface area contributed by atoms with Crippen molar-refractivity contribution in [3.8, 4) is 0 Å². The third kappa shape index (κ3) is 9.04. The Kier molecular flexibility index (Phi) is 10.3. The lowest BCUT2D eigenvalue weighted by Gasteiger charge is -2.39. The number of halogens is 6. The average molecular weight is 553 g/mol. The zero-order valence-electron chi connectivity index (χ0n) is 19.8. The number of piperidine rings is 1. The Morgan fingerprint density at radius 2 is 1.50 bits per heavy atom. The number of amides is 1. The SMILES string of the molecule is O=C(O)C(F)(F)F.O=C(O)C(F)(F)F.O=C1N(Cc2ccncc2)CCC12CCCN(Cc1ccoc1)C2. The van der Waals surface area contributed by atoms with Crippen molar-refractivity contribution in [2.24, 2.45) is 5.41 Å². The van der Waals surface area contributed by atoms with Crippen molar-refractivity contribution in [2.75, 3.05) is 19.6 Å². The summed E-state index contributed by atoms with van der Waals surface area (Å²) in [5.74, 6) is -5.18. The maximum atomic E-state index is 13.1. The minimum absolute atomic E-state index is 0.185. The van der Waals surface area contributed by atoms with Crippen molar-refractivity contribution in [2.45, 2.75) is 44.7 Å². The van der Waals surface area contributed by atoms with E-state index in [1.165, 1.54) is 5.56 Å².